The van der Waals surface area contributed by atoms with Gasteiger partial charge in [-0.3, -0.25) is 24.2 Å². The van der Waals surface area contributed by atoms with Crippen molar-refractivity contribution in [2.45, 2.75) is 69.1 Å². The zero-order chi connectivity index (χ0) is 30.1. The zero-order valence-corrected chi connectivity index (χ0v) is 22.4. The topological polar surface area (TPSA) is 284 Å². The molecule has 14 N–H and O–H groups in total. The Morgan fingerprint density at radius 2 is 1.40 bits per heavy atom. The molecule has 0 aliphatic carbocycles. The number of rotatable bonds is 19. The molecule has 4 amide bonds. The van der Waals surface area contributed by atoms with Crippen LogP contribution in [0.15, 0.2) is 35.3 Å². The van der Waals surface area contributed by atoms with Crippen LogP contribution in [0.3, 0.4) is 0 Å². The van der Waals surface area contributed by atoms with E-state index in [0.29, 0.717) is 31.4 Å². The lowest BCUT2D eigenvalue weighted by molar-refractivity contribution is -0.142. The van der Waals surface area contributed by atoms with E-state index in [1.807, 2.05) is 0 Å². The van der Waals surface area contributed by atoms with Gasteiger partial charge in [-0.1, -0.05) is 36.8 Å². The lowest BCUT2D eigenvalue weighted by Gasteiger charge is -2.25. The first-order valence-electron chi connectivity index (χ1n) is 12.9. The lowest BCUT2D eigenvalue weighted by Crippen LogP contribution is -2.58. The number of carbonyl (C=O) groups is 5. The van der Waals surface area contributed by atoms with Crippen LogP contribution in [0.5, 0.6) is 0 Å². The Labute approximate surface area is 232 Å². The number of primary amides is 1. The Kier molecular flexibility index (Phi) is 15.3. The average Bonchev–Trinajstić information content (AvgIpc) is 2.89. The minimum absolute atomic E-state index is 0.00536. The van der Waals surface area contributed by atoms with Crippen molar-refractivity contribution in [1.82, 2.24) is 16.0 Å². The Morgan fingerprint density at radius 3 is 1.98 bits per heavy atom. The number of hydrogen-bond donors (Lipinski definition) is 9. The molecule has 1 aromatic carbocycles. The SMILES string of the molecule is NCCCCC(N)C(=O)NC(CC(N)=O)C(=O)NC(Cc1ccccc1)C(=O)NC(CCCN=C(N)N)C(=O)O. The monoisotopic (exact) mass is 563 g/mol. The molecule has 0 radical (unpaired) electrons. The summed E-state index contributed by atoms with van der Waals surface area (Å²) < 4.78 is 0. The van der Waals surface area contributed by atoms with Crippen molar-refractivity contribution in [2.75, 3.05) is 13.1 Å². The fourth-order valence-corrected chi connectivity index (χ4v) is 3.69. The molecule has 0 spiro atoms. The number of aliphatic imine (C=N–C) groups is 1. The zero-order valence-electron chi connectivity index (χ0n) is 22.4. The highest BCUT2D eigenvalue weighted by atomic mass is 16.4. The van der Waals surface area contributed by atoms with Gasteiger partial charge in [0.15, 0.2) is 5.96 Å². The maximum atomic E-state index is 13.2. The molecule has 0 fully saturated rings. The van der Waals surface area contributed by atoms with Crippen molar-refractivity contribution >= 4 is 35.6 Å². The molecule has 0 heterocycles. The van der Waals surface area contributed by atoms with Crippen LogP contribution in [0.2, 0.25) is 0 Å². The van der Waals surface area contributed by atoms with Crippen LogP contribution in [0.4, 0.5) is 0 Å². The molecule has 0 bridgehead atoms. The number of nitrogens with two attached hydrogens (primary N) is 5. The predicted octanol–water partition coefficient (Wildman–Crippen LogP) is -2.85. The van der Waals surface area contributed by atoms with Crippen molar-refractivity contribution in [3.05, 3.63) is 35.9 Å². The summed E-state index contributed by atoms with van der Waals surface area (Å²) in [4.78, 5) is 66.1. The molecular formula is C25H41N9O6. The highest BCUT2D eigenvalue weighted by Gasteiger charge is 2.31. The van der Waals surface area contributed by atoms with E-state index in [4.69, 9.17) is 28.7 Å². The Balaban J connectivity index is 3.06. The first-order chi connectivity index (χ1) is 18.9. The number of hydrogen-bond acceptors (Lipinski definition) is 8. The molecule has 4 atom stereocenters. The summed E-state index contributed by atoms with van der Waals surface area (Å²) >= 11 is 0. The minimum Gasteiger partial charge on any atom is -0.480 e. The average molecular weight is 564 g/mol. The van der Waals surface area contributed by atoms with Gasteiger partial charge in [-0.05, 0) is 37.8 Å². The van der Waals surface area contributed by atoms with Gasteiger partial charge in [-0.15, -0.1) is 0 Å². The highest BCUT2D eigenvalue weighted by Crippen LogP contribution is 2.07. The van der Waals surface area contributed by atoms with Gasteiger partial charge in [-0.2, -0.15) is 0 Å². The Morgan fingerprint density at radius 1 is 0.800 bits per heavy atom. The van der Waals surface area contributed by atoms with E-state index in [0.717, 1.165) is 0 Å². The molecule has 15 heteroatoms. The number of carboxylic acid groups (broad SMARTS) is 1. The van der Waals surface area contributed by atoms with Gasteiger partial charge in [0.2, 0.25) is 23.6 Å². The summed E-state index contributed by atoms with van der Waals surface area (Å²) in [5.74, 6) is -4.62. The minimum atomic E-state index is -1.41. The molecule has 0 saturated carbocycles. The number of guanidine groups is 1. The molecule has 0 saturated heterocycles. The van der Waals surface area contributed by atoms with Crippen LogP contribution in [0.25, 0.3) is 0 Å². The largest absolute Gasteiger partial charge is 0.480 e. The van der Waals surface area contributed by atoms with Gasteiger partial charge < -0.3 is 49.7 Å². The van der Waals surface area contributed by atoms with E-state index in [2.05, 4.69) is 20.9 Å². The van der Waals surface area contributed by atoms with Crippen molar-refractivity contribution in [2.24, 2.45) is 33.7 Å². The highest BCUT2D eigenvalue weighted by molar-refractivity contribution is 5.96. The van der Waals surface area contributed by atoms with Gasteiger partial charge in [0.25, 0.3) is 0 Å². The number of unbranched alkanes of at least 4 members (excludes halogenated alkanes) is 1. The third-order valence-electron chi connectivity index (χ3n) is 5.82. The molecule has 1 rings (SSSR count). The number of carbonyl (C=O) groups excluding carboxylic acids is 4. The summed E-state index contributed by atoms with van der Waals surface area (Å²) in [5, 5.41) is 17.0. The maximum Gasteiger partial charge on any atom is 0.326 e. The second kappa shape index (κ2) is 18.1. The van der Waals surface area contributed by atoms with E-state index in [-0.39, 0.29) is 31.8 Å². The summed E-state index contributed by atoms with van der Waals surface area (Å²) in [6, 6.07) is 3.78. The number of aliphatic carboxylic acids is 1. The fraction of sp³-hybridized carbons (Fsp3) is 0.520. The van der Waals surface area contributed by atoms with E-state index in [9.17, 15) is 29.1 Å². The van der Waals surface area contributed by atoms with Gasteiger partial charge >= 0.3 is 5.97 Å². The molecule has 0 aliphatic heterocycles. The van der Waals surface area contributed by atoms with Gasteiger partial charge in [-0.25, -0.2) is 4.79 Å². The smallest absolute Gasteiger partial charge is 0.326 e. The molecule has 1 aromatic rings. The normalized spacial score (nSPS) is 13.7. The lowest BCUT2D eigenvalue weighted by atomic mass is 10.0. The second-order valence-electron chi connectivity index (χ2n) is 9.22. The summed E-state index contributed by atoms with van der Waals surface area (Å²) in [6.45, 7) is 0.597. The standard InChI is InChI=1S/C25H41N9O6/c26-11-5-4-9-16(27)21(36)33-19(14-20(28)35)23(38)34-18(13-15-7-2-1-3-8-15)22(37)32-17(24(39)40)10-6-12-31-25(29)30/h1-3,7-8,16-19H,4-6,9-14,26-27H2,(H2,28,35)(H,32,37)(H,33,36)(H,34,38)(H,39,40)(H4,29,30,31). The first kappa shape index (κ1) is 33.8. The first-order valence-corrected chi connectivity index (χ1v) is 12.9. The van der Waals surface area contributed by atoms with E-state index in [1.165, 1.54) is 0 Å². The molecular weight excluding hydrogens is 522 g/mol. The number of amides is 4. The van der Waals surface area contributed by atoms with E-state index >= 15 is 0 Å². The van der Waals surface area contributed by atoms with Crippen molar-refractivity contribution < 1.29 is 29.1 Å². The maximum absolute atomic E-state index is 13.2. The van der Waals surface area contributed by atoms with Gasteiger partial charge in [0, 0.05) is 13.0 Å². The van der Waals surface area contributed by atoms with Crippen LogP contribution in [-0.4, -0.2) is 77.9 Å². The number of nitrogens with zero attached hydrogens (tertiary/aromatic N) is 1. The molecule has 0 aliphatic rings. The third-order valence-corrected chi connectivity index (χ3v) is 5.82. The van der Waals surface area contributed by atoms with E-state index in [1.54, 1.807) is 30.3 Å². The molecule has 222 valence electrons. The van der Waals surface area contributed by atoms with Crippen LogP contribution >= 0.6 is 0 Å². The summed E-state index contributed by atoms with van der Waals surface area (Å²) in [7, 11) is 0. The summed E-state index contributed by atoms with van der Waals surface area (Å²) in [5.41, 5.74) is 27.8. The second-order valence-corrected chi connectivity index (χ2v) is 9.22. The number of nitrogens with one attached hydrogen (secondary N) is 3. The van der Waals surface area contributed by atoms with Crippen molar-refractivity contribution in [3.8, 4) is 0 Å². The van der Waals surface area contributed by atoms with Crippen LogP contribution in [-0.2, 0) is 30.4 Å². The van der Waals surface area contributed by atoms with Crippen LogP contribution in [0.1, 0.15) is 44.1 Å². The molecule has 15 nitrogen and oxygen atoms in total. The Hall–Kier alpha value is -4.24. The van der Waals surface area contributed by atoms with Crippen molar-refractivity contribution in [1.29, 1.82) is 0 Å². The molecule has 40 heavy (non-hydrogen) atoms. The van der Waals surface area contributed by atoms with Crippen LogP contribution in [0, 0.1) is 0 Å². The molecule has 0 aromatic heterocycles. The third kappa shape index (κ3) is 13.5. The van der Waals surface area contributed by atoms with Gasteiger partial charge in [0.1, 0.15) is 18.1 Å². The van der Waals surface area contributed by atoms with Crippen LogP contribution < -0.4 is 44.6 Å². The quantitative estimate of drug-likeness (QED) is 0.0471. The molecule has 4 unspecified atom stereocenters. The van der Waals surface area contributed by atoms with E-state index < -0.39 is 60.2 Å². The van der Waals surface area contributed by atoms with Crippen molar-refractivity contribution in [3.63, 3.8) is 0 Å². The predicted molar refractivity (Wildman–Crippen MR) is 148 cm³/mol. The number of benzene rings is 1. The summed E-state index contributed by atoms with van der Waals surface area (Å²) in [6.07, 6.45) is 1.30. The Bertz CT molecular complexity index is 1020. The van der Waals surface area contributed by atoms with Gasteiger partial charge in [0.05, 0.1) is 12.5 Å². The number of carboxylic acids is 1. The fourth-order valence-electron chi connectivity index (χ4n) is 3.69.